The second-order valence-electron chi connectivity index (χ2n) is 3.63. The van der Waals surface area contributed by atoms with Crippen molar-refractivity contribution in [1.82, 2.24) is 10.6 Å². The van der Waals surface area contributed by atoms with Gasteiger partial charge < -0.3 is 15.7 Å². The second kappa shape index (κ2) is 3.09. The molecule has 0 aromatic heterocycles. The molecule has 1 aliphatic carbocycles. The molecular weight excluding hydrogens is 140 g/mol. The number of rotatable bonds is 2. The van der Waals surface area contributed by atoms with E-state index in [0.717, 1.165) is 13.1 Å². The standard InChI is InChI=1S/C8H16N2O/c11-8-5-9-4-7(8)10-6-2-1-3-6/h6-11H,1-5H2/t7-,8-/m1/s1. The summed E-state index contributed by atoms with van der Waals surface area (Å²) in [7, 11) is 0. The minimum atomic E-state index is -0.171. The summed E-state index contributed by atoms with van der Waals surface area (Å²) in [4.78, 5) is 0. The van der Waals surface area contributed by atoms with Crippen LogP contribution in [0.2, 0.25) is 0 Å². The van der Waals surface area contributed by atoms with Crippen LogP contribution in [0, 0.1) is 0 Å². The number of aliphatic hydroxyl groups is 1. The Bertz CT molecular complexity index is 136. The maximum absolute atomic E-state index is 9.43. The van der Waals surface area contributed by atoms with E-state index in [9.17, 15) is 5.11 Å². The van der Waals surface area contributed by atoms with Crippen molar-refractivity contribution in [3.05, 3.63) is 0 Å². The maximum atomic E-state index is 9.43. The molecule has 0 spiro atoms. The van der Waals surface area contributed by atoms with Crippen LogP contribution in [-0.4, -0.2) is 36.4 Å². The maximum Gasteiger partial charge on any atom is 0.0829 e. The van der Waals surface area contributed by atoms with Crippen LogP contribution in [0.3, 0.4) is 0 Å². The van der Waals surface area contributed by atoms with Crippen LogP contribution in [0.15, 0.2) is 0 Å². The van der Waals surface area contributed by atoms with Gasteiger partial charge in [0.2, 0.25) is 0 Å². The first-order valence-electron chi connectivity index (χ1n) is 4.51. The Kier molecular flexibility index (Phi) is 2.11. The highest BCUT2D eigenvalue weighted by atomic mass is 16.3. The van der Waals surface area contributed by atoms with Crippen LogP contribution >= 0.6 is 0 Å². The van der Waals surface area contributed by atoms with Crippen LogP contribution in [-0.2, 0) is 0 Å². The van der Waals surface area contributed by atoms with Gasteiger partial charge in [0.1, 0.15) is 0 Å². The average Bonchev–Trinajstić information content (AvgIpc) is 2.27. The van der Waals surface area contributed by atoms with Gasteiger partial charge in [-0.05, 0) is 12.8 Å². The minimum Gasteiger partial charge on any atom is -0.390 e. The first-order chi connectivity index (χ1) is 5.36. The Morgan fingerprint density at radius 3 is 2.55 bits per heavy atom. The van der Waals surface area contributed by atoms with Crippen molar-refractivity contribution in [2.45, 2.75) is 37.5 Å². The zero-order valence-electron chi connectivity index (χ0n) is 6.71. The lowest BCUT2D eigenvalue weighted by Crippen LogP contribution is -2.47. The molecule has 2 aliphatic rings. The summed E-state index contributed by atoms with van der Waals surface area (Å²) in [6.45, 7) is 1.68. The molecule has 2 fully saturated rings. The van der Waals surface area contributed by atoms with Gasteiger partial charge in [-0.1, -0.05) is 6.42 Å². The molecule has 11 heavy (non-hydrogen) atoms. The van der Waals surface area contributed by atoms with Gasteiger partial charge in [-0.2, -0.15) is 0 Å². The molecule has 0 radical (unpaired) electrons. The van der Waals surface area contributed by atoms with Crippen LogP contribution in [0.25, 0.3) is 0 Å². The van der Waals surface area contributed by atoms with Gasteiger partial charge >= 0.3 is 0 Å². The molecule has 1 saturated carbocycles. The van der Waals surface area contributed by atoms with Gasteiger partial charge in [0.15, 0.2) is 0 Å². The zero-order valence-corrected chi connectivity index (χ0v) is 6.71. The van der Waals surface area contributed by atoms with E-state index >= 15 is 0 Å². The van der Waals surface area contributed by atoms with Gasteiger partial charge in [0.05, 0.1) is 6.10 Å². The smallest absolute Gasteiger partial charge is 0.0829 e. The number of aliphatic hydroxyl groups excluding tert-OH is 1. The van der Waals surface area contributed by atoms with Crippen LogP contribution in [0.4, 0.5) is 0 Å². The number of nitrogens with one attached hydrogen (secondary N) is 2. The summed E-state index contributed by atoms with van der Waals surface area (Å²) in [5.74, 6) is 0. The van der Waals surface area contributed by atoms with Crippen LogP contribution < -0.4 is 10.6 Å². The van der Waals surface area contributed by atoms with Gasteiger partial charge in [0, 0.05) is 25.2 Å². The first kappa shape index (κ1) is 7.53. The predicted molar refractivity (Wildman–Crippen MR) is 43.4 cm³/mol. The molecule has 2 atom stereocenters. The molecule has 1 heterocycles. The highest BCUT2D eigenvalue weighted by Gasteiger charge is 2.28. The van der Waals surface area contributed by atoms with Crippen molar-refractivity contribution in [1.29, 1.82) is 0 Å². The quantitative estimate of drug-likeness (QED) is 0.503. The van der Waals surface area contributed by atoms with Crippen molar-refractivity contribution >= 4 is 0 Å². The van der Waals surface area contributed by atoms with E-state index in [1.165, 1.54) is 19.3 Å². The normalized spacial score (nSPS) is 39.0. The van der Waals surface area contributed by atoms with E-state index in [2.05, 4.69) is 10.6 Å². The third-order valence-electron chi connectivity index (χ3n) is 2.74. The molecule has 0 aromatic rings. The Balaban J connectivity index is 1.75. The van der Waals surface area contributed by atoms with E-state index < -0.39 is 0 Å². The van der Waals surface area contributed by atoms with E-state index in [-0.39, 0.29) is 6.10 Å². The summed E-state index contributed by atoms with van der Waals surface area (Å²) >= 11 is 0. The van der Waals surface area contributed by atoms with Crippen molar-refractivity contribution in [3.63, 3.8) is 0 Å². The second-order valence-corrected chi connectivity index (χ2v) is 3.63. The van der Waals surface area contributed by atoms with Crippen molar-refractivity contribution in [3.8, 4) is 0 Å². The minimum absolute atomic E-state index is 0.171. The lowest BCUT2D eigenvalue weighted by atomic mass is 9.92. The molecule has 0 bridgehead atoms. The topological polar surface area (TPSA) is 44.3 Å². The first-order valence-corrected chi connectivity index (χ1v) is 4.51. The van der Waals surface area contributed by atoms with Gasteiger partial charge in [0.25, 0.3) is 0 Å². The van der Waals surface area contributed by atoms with Crippen LogP contribution in [0.5, 0.6) is 0 Å². The van der Waals surface area contributed by atoms with Gasteiger partial charge in [-0.25, -0.2) is 0 Å². The zero-order chi connectivity index (χ0) is 7.68. The Hall–Kier alpha value is -0.120. The molecule has 0 amide bonds. The summed E-state index contributed by atoms with van der Waals surface area (Å²) in [6, 6.07) is 0.995. The number of β-amino-alcohol motifs (C(OH)–C–C–N with tert-alkyl or cyclic N) is 1. The van der Waals surface area contributed by atoms with E-state index in [0.29, 0.717) is 12.1 Å². The average molecular weight is 156 g/mol. The van der Waals surface area contributed by atoms with Gasteiger partial charge in [-0.3, -0.25) is 0 Å². The lowest BCUT2D eigenvalue weighted by Gasteiger charge is -2.30. The monoisotopic (exact) mass is 156 g/mol. The highest BCUT2D eigenvalue weighted by molar-refractivity contribution is 4.90. The molecule has 1 aliphatic heterocycles. The predicted octanol–water partition coefficient (Wildman–Crippen LogP) is -0.539. The summed E-state index contributed by atoms with van der Waals surface area (Å²) < 4.78 is 0. The summed E-state index contributed by atoms with van der Waals surface area (Å²) in [5, 5.41) is 16.0. The fourth-order valence-electron chi connectivity index (χ4n) is 1.71. The molecular formula is C8H16N2O. The number of hydrogen-bond acceptors (Lipinski definition) is 3. The summed E-state index contributed by atoms with van der Waals surface area (Å²) in [6.07, 6.45) is 3.77. The highest BCUT2D eigenvalue weighted by Crippen LogP contribution is 2.19. The molecule has 0 aromatic carbocycles. The molecule has 3 heteroatoms. The number of hydrogen-bond donors (Lipinski definition) is 3. The van der Waals surface area contributed by atoms with E-state index in [1.54, 1.807) is 0 Å². The largest absolute Gasteiger partial charge is 0.390 e. The molecule has 2 rings (SSSR count). The molecule has 0 unspecified atom stereocenters. The third-order valence-corrected chi connectivity index (χ3v) is 2.74. The van der Waals surface area contributed by atoms with E-state index in [1.807, 2.05) is 0 Å². The SMILES string of the molecule is O[C@@H]1CNC[C@H]1NC1CCC1. The third kappa shape index (κ3) is 1.55. The summed E-state index contributed by atoms with van der Waals surface area (Å²) in [5.41, 5.74) is 0. The van der Waals surface area contributed by atoms with Crippen LogP contribution in [0.1, 0.15) is 19.3 Å². The van der Waals surface area contributed by atoms with Gasteiger partial charge in [-0.15, -0.1) is 0 Å². The fourth-order valence-corrected chi connectivity index (χ4v) is 1.71. The lowest BCUT2D eigenvalue weighted by molar-refractivity contribution is 0.146. The molecule has 1 saturated heterocycles. The molecule has 3 N–H and O–H groups in total. The Labute approximate surface area is 67.2 Å². The fraction of sp³-hybridized carbons (Fsp3) is 1.00. The van der Waals surface area contributed by atoms with Crippen molar-refractivity contribution in [2.24, 2.45) is 0 Å². The van der Waals surface area contributed by atoms with E-state index in [4.69, 9.17) is 0 Å². The van der Waals surface area contributed by atoms with Crippen molar-refractivity contribution < 1.29 is 5.11 Å². The van der Waals surface area contributed by atoms with Crippen molar-refractivity contribution in [2.75, 3.05) is 13.1 Å². The molecule has 64 valence electrons. The molecule has 3 nitrogen and oxygen atoms in total. The Morgan fingerprint density at radius 2 is 2.09 bits per heavy atom. The Morgan fingerprint density at radius 1 is 1.27 bits per heavy atom.